The van der Waals surface area contributed by atoms with Crippen molar-refractivity contribution in [3.63, 3.8) is 0 Å². The van der Waals surface area contributed by atoms with Crippen LogP contribution in [0, 0.1) is 6.08 Å². The predicted octanol–water partition coefficient (Wildman–Crippen LogP) is 1.64. The topological polar surface area (TPSA) is 12.4 Å². The van der Waals surface area contributed by atoms with Crippen LogP contribution in [0.2, 0.25) is 0 Å². The summed E-state index contributed by atoms with van der Waals surface area (Å²) < 4.78 is 0. The van der Waals surface area contributed by atoms with Crippen LogP contribution in [0.15, 0.2) is 34.5 Å². The van der Waals surface area contributed by atoms with E-state index >= 15 is 0 Å². The fourth-order valence-corrected chi connectivity index (χ4v) is 1.02. The van der Waals surface area contributed by atoms with Crippen LogP contribution in [0.4, 0.5) is 0 Å². The maximum atomic E-state index is 4.22. The standard InChI is InChI=1S/C8H6N/c1-6-5-7-3-2-4-8(7)9-6/h2-4H,1H3. The number of nitrogens with zero attached hydrogens (tertiary/aromatic N) is 1. The Labute approximate surface area is 54.1 Å². The molecule has 2 rings (SSSR count). The monoisotopic (exact) mass is 116 g/mol. The van der Waals surface area contributed by atoms with Crippen LogP contribution in [0.25, 0.3) is 0 Å². The van der Waals surface area contributed by atoms with Gasteiger partial charge in [-0.2, -0.15) is 0 Å². The smallest absolute Gasteiger partial charge is 0.0712 e. The minimum atomic E-state index is 0.987. The molecule has 0 aromatic heterocycles. The van der Waals surface area contributed by atoms with Gasteiger partial charge in [-0.1, -0.05) is 12.2 Å². The minimum Gasteiger partial charge on any atom is -0.252 e. The van der Waals surface area contributed by atoms with Gasteiger partial charge in [0.2, 0.25) is 0 Å². The molecule has 9 heavy (non-hydrogen) atoms. The van der Waals surface area contributed by atoms with Gasteiger partial charge in [0.25, 0.3) is 0 Å². The molecule has 0 bridgehead atoms. The second kappa shape index (κ2) is 1.44. The SMILES string of the molecule is CC1=[C]C2=CC=CC2=N1. The first-order chi connectivity index (χ1) is 4.36. The molecule has 43 valence electrons. The molecule has 0 atom stereocenters. The average Bonchev–Trinajstić information content (AvgIpc) is 2.22. The largest absolute Gasteiger partial charge is 0.252 e. The molecule has 0 fully saturated rings. The molecule has 0 unspecified atom stereocenters. The summed E-state index contributed by atoms with van der Waals surface area (Å²) in [4.78, 5) is 4.22. The Bertz CT molecular complexity index is 264. The summed E-state index contributed by atoms with van der Waals surface area (Å²) in [5.41, 5.74) is 3.18. The van der Waals surface area contributed by atoms with E-state index in [9.17, 15) is 0 Å². The summed E-state index contributed by atoms with van der Waals surface area (Å²) in [7, 11) is 0. The van der Waals surface area contributed by atoms with Crippen molar-refractivity contribution in [2.24, 2.45) is 4.99 Å². The van der Waals surface area contributed by atoms with Gasteiger partial charge in [0.15, 0.2) is 0 Å². The summed E-state index contributed by atoms with van der Waals surface area (Å²) in [6, 6.07) is 0. The molecule has 0 amide bonds. The highest BCUT2D eigenvalue weighted by molar-refractivity contribution is 6.14. The van der Waals surface area contributed by atoms with Crippen LogP contribution in [-0.2, 0) is 0 Å². The summed E-state index contributed by atoms with van der Waals surface area (Å²) in [5, 5.41) is 0. The molecule has 1 heteroatoms. The first kappa shape index (κ1) is 4.74. The van der Waals surface area contributed by atoms with E-state index in [-0.39, 0.29) is 0 Å². The number of hydrogen-bond donors (Lipinski definition) is 0. The van der Waals surface area contributed by atoms with Crippen LogP contribution >= 0.6 is 0 Å². The lowest BCUT2D eigenvalue weighted by Gasteiger charge is -1.82. The van der Waals surface area contributed by atoms with E-state index in [1.165, 1.54) is 0 Å². The molecular weight excluding hydrogens is 110 g/mol. The lowest BCUT2D eigenvalue weighted by Crippen LogP contribution is -1.84. The van der Waals surface area contributed by atoms with E-state index in [1.54, 1.807) is 0 Å². The maximum Gasteiger partial charge on any atom is 0.0712 e. The quantitative estimate of drug-likeness (QED) is 0.456. The first-order valence-corrected chi connectivity index (χ1v) is 2.94. The Kier molecular flexibility index (Phi) is 0.758. The molecule has 1 heterocycles. The number of rotatable bonds is 0. The summed E-state index contributed by atoms with van der Waals surface area (Å²) in [6.07, 6.45) is 9.14. The summed E-state index contributed by atoms with van der Waals surface area (Å²) >= 11 is 0. The maximum absolute atomic E-state index is 4.22. The first-order valence-electron chi connectivity index (χ1n) is 2.94. The van der Waals surface area contributed by atoms with Crippen LogP contribution in [-0.4, -0.2) is 5.71 Å². The van der Waals surface area contributed by atoms with E-state index in [2.05, 4.69) is 11.1 Å². The Morgan fingerprint density at radius 3 is 3.22 bits per heavy atom. The lowest BCUT2D eigenvalue weighted by atomic mass is 10.2. The molecule has 2 aliphatic rings. The van der Waals surface area contributed by atoms with E-state index in [1.807, 2.05) is 25.2 Å². The third-order valence-corrected chi connectivity index (χ3v) is 1.40. The predicted molar refractivity (Wildman–Crippen MR) is 37.1 cm³/mol. The van der Waals surface area contributed by atoms with Gasteiger partial charge < -0.3 is 0 Å². The molecule has 0 saturated carbocycles. The highest BCUT2D eigenvalue weighted by Crippen LogP contribution is 2.18. The van der Waals surface area contributed by atoms with Gasteiger partial charge in [-0.3, -0.25) is 4.99 Å². The number of hydrogen-bond acceptors (Lipinski definition) is 1. The fraction of sp³-hybridized carbons (Fsp3) is 0.125. The molecule has 1 radical (unpaired) electrons. The van der Waals surface area contributed by atoms with Crippen molar-refractivity contribution in [1.82, 2.24) is 0 Å². The Morgan fingerprint density at radius 2 is 2.44 bits per heavy atom. The number of allylic oxidation sites excluding steroid dienone is 6. The summed E-state index contributed by atoms with van der Waals surface area (Å²) in [6.45, 7) is 1.96. The van der Waals surface area contributed by atoms with Gasteiger partial charge in [-0.15, -0.1) is 0 Å². The van der Waals surface area contributed by atoms with Gasteiger partial charge in [-0.05, 0) is 13.0 Å². The van der Waals surface area contributed by atoms with Gasteiger partial charge >= 0.3 is 0 Å². The molecule has 0 saturated heterocycles. The molecule has 0 aromatic rings. The molecular formula is C8H6N. The average molecular weight is 116 g/mol. The Morgan fingerprint density at radius 1 is 1.56 bits per heavy atom. The van der Waals surface area contributed by atoms with Crippen LogP contribution in [0.5, 0.6) is 0 Å². The summed E-state index contributed by atoms with van der Waals surface area (Å²) in [5.74, 6) is 0. The van der Waals surface area contributed by atoms with Crippen molar-refractivity contribution in [2.45, 2.75) is 6.92 Å². The number of aliphatic imine (C=N–C) groups is 1. The van der Waals surface area contributed by atoms with Gasteiger partial charge in [0, 0.05) is 17.3 Å². The zero-order valence-electron chi connectivity index (χ0n) is 5.18. The second-order valence-corrected chi connectivity index (χ2v) is 2.15. The zero-order valence-corrected chi connectivity index (χ0v) is 5.18. The van der Waals surface area contributed by atoms with Gasteiger partial charge in [0.1, 0.15) is 0 Å². The molecule has 0 spiro atoms. The van der Waals surface area contributed by atoms with Crippen LogP contribution < -0.4 is 0 Å². The molecule has 0 N–H and O–H groups in total. The second-order valence-electron chi connectivity index (χ2n) is 2.15. The van der Waals surface area contributed by atoms with Crippen molar-refractivity contribution in [3.8, 4) is 0 Å². The highest BCUT2D eigenvalue weighted by Gasteiger charge is 2.11. The minimum absolute atomic E-state index is 0.987. The van der Waals surface area contributed by atoms with E-state index in [0.29, 0.717) is 0 Å². The van der Waals surface area contributed by atoms with E-state index < -0.39 is 0 Å². The van der Waals surface area contributed by atoms with E-state index in [4.69, 9.17) is 0 Å². The van der Waals surface area contributed by atoms with Gasteiger partial charge in [0.05, 0.1) is 5.71 Å². The Balaban J connectivity index is 2.53. The molecule has 0 aromatic carbocycles. The normalized spacial score (nSPS) is 21.2. The van der Waals surface area contributed by atoms with Gasteiger partial charge in [-0.25, -0.2) is 0 Å². The van der Waals surface area contributed by atoms with Crippen LogP contribution in [0.3, 0.4) is 0 Å². The third kappa shape index (κ3) is 0.578. The highest BCUT2D eigenvalue weighted by atomic mass is 14.8. The zero-order chi connectivity index (χ0) is 6.27. The van der Waals surface area contributed by atoms with E-state index in [0.717, 1.165) is 17.0 Å². The van der Waals surface area contributed by atoms with Crippen molar-refractivity contribution >= 4 is 5.71 Å². The molecule has 1 nitrogen and oxygen atoms in total. The molecule has 1 aliphatic heterocycles. The van der Waals surface area contributed by atoms with Crippen LogP contribution in [0.1, 0.15) is 6.92 Å². The lowest BCUT2D eigenvalue weighted by molar-refractivity contribution is 1.33. The van der Waals surface area contributed by atoms with Crippen molar-refractivity contribution in [2.75, 3.05) is 0 Å². The third-order valence-electron chi connectivity index (χ3n) is 1.40. The fourth-order valence-electron chi connectivity index (χ4n) is 1.02. The van der Waals surface area contributed by atoms with Crippen molar-refractivity contribution in [1.29, 1.82) is 0 Å². The Hall–Kier alpha value is -1.11. The number of fused-ring (bicyclic) bond motifs is 1. The van der Waals surface area contributed by atoms with Crippen molar-refractivity contribution in [3.05, 3.63) is 35.6 Å². The van der Waals surface area contributed by atoms with Crippen molar-refractivity contribution < 1.29 is 0 Å². The molecule has 1 aliphatic carbocycles.